The highest BCUT2D eigenvalue weighted by molar-refractivity contribution is 9.10. The largest absolute Gasteiger partial charge is 0.477 e. The number of rotatable bonds is 2. The second-order valence-corrected chi connectivity index (χ2v) is 4.11. The maximum absolute atomic E-state index is 13.6. The van der Waals surface area contributed by atoms with E-state index < -0.39 is 11.8 Å². The number of hydrogen-bond donors (Lipinski definition) is 2. The van der Waals surface area contributed by atoms with Gasteiger partial charge >= 0.3 is 5.97 Å². The molecule has 82 valence electrons. The predicted octanol–water partition coefficient (Wildman–Crippen LogP) is 3.28. The number of halogens is 2. The van der Waals surface area contributed by atoms with E-state index in [0.717, 1.165) is 0 Å². The van der Waals surface area contributed by atoms with E-state index in [1.54, 1.807) is 6.07 Å². The molecule has 0 fully saturated rings. The summed E-state index contributed by atoms with van der Waals surface area (Å²) >= 11 is 3.14. The molecule has 0 saturated carbocycles. The Labute approximate surface area is 99.1 Å². The number of aromatic amines is 1. The summed E-state index contributed by atoms with van der Waals surface area (Å²) in [6, 6.07) is 6.04. The number of carbonyl (C=O) groups is 1. The number of carboxylic acid groups (broad SMARTS) is 1. The van der Waals surface area contributed by atoms with Gasteiger partial charge in [-0.2, -0.15) is 0 Å². The molecule has 0 aliphatic rings. The zero-order valence-corrected chi connectivity index (χ0v) is 9.58. The lowest BCUT2D eigenvalue weighted by molar-refractivity contribution is 0.0692. The Morgan fingerprint density at radius 1 is 1.31 bits per heavy atom. The number of H-pyrrole nitrogens is 1. The van der Waals surface area contributed by atoms with Crippen molar-refractivity contribution in [2.45, 2.75) is 0 Å². The van der Waals surface area contributed by atoms with Crippen LogP contribution >= 0.6 is 15.9 Å². The van der Waals surface area contributed by atoms with E-state index in [1.165, 1.54) is 24.4 Å². The lowest BCUT2D eigenvalue weighted by Gasteiger charge is -2.03. The minimum Gasteiger partial charge on any atom is -0.477 e. The van der Waals surface area contributed by atoms with Crippen LogP contribution in [-0.4, -0.2) is 16.1 Å². The lowest BCUT2D eigenvalue weighted by atomic mass is 10.1. The minimum atomic E-state index is -1.11. The van der Waals surface area contributed by atoms with Gasteiger partial charge in [-0.1, -0.05) is 22.0 Å². The Kier molecular flexibility index (Phi) is 2.78. The first-order valence-electron chi connectivity index (χ1n) is 4.45. The standard InChI is InChI=1S/C11H7BrFNO2/c12-6-1-2-7(9(13)5-6)8-3-4-14-10(8)11(15)16/h1-5,14H,(H,15,16). The summed E-state index contributed by atoms with van der Waals surface area (Å²) in [6.45, 7) is 0. The van der Waals surface area contributed by atoms with Gasteiger partial charge in [0.15, 0.2) is 0 Å². The number of carboxylic acids is 1. The molecule has 0 spiro atoms. The second kappa shape index (κ2) is 4.09. The van der Waals surface area contributed by atoms with Crippen molar-refractivity contribution in [2.75, 3.05) is 0 Å². The van der Waals surface area contributed by atoms with E-state index >= 15 is 0 Å². The average Bonchev–Trinajstić information content (AvgIpc) is 2.66. The summed E-state index contributed by atoms with van der Waals surface area (Å²) in [5, 5.41) is 8.90. The van der Waals surface area contributed by atoms with Gasteiger partial charge in [0.2, 0.25) is 0 Å². The van der Waals surface area contributed by atoms with Gasteiger partial charge in [0.25, 0.3) is 0 Å². The van der Waals surface area contributed by atoms with Gasteiger partial charge < -0.3 is 10.1 Å². The van der Waals surface area contributed by atoms with Crippen LogP contribution in [-0.2, 0) is 0 Å². The van der Waals surface area contributed by atoms with Gasteiger partial charge in [-0.25, -0.2) is 9.18 Å². The quantitative estimate of drug-likeness (QED) is 0.889. The van der Waals surface area contributed by atoms with Crippen molar-refractivity contribution in [2.24, 2.45) is 0 Å². The molecule has 1 aromatic carbocycles. The van der Waals surface area contributed by atoms with Crippen molar-refractivity contribution in [3.8, 4) is 11.1 Å². The number of benzene rings is 1. The van der Waals surface area contributed by atoms with Crippen LogP contribution in [0.25, 0.3) is 11.1 Å². The predicted molar refractivity (Wildman–Crippen MR) is 60.8 cm³/mol. The Balaban J connectivity index is 2.59. The molecule has 2 rings (SSSR count). The van der Waals surface area contributed by atoms with E-state index in [4.69, 9.17) is 5.11 Å². The molecule has 1 heterocycles. The summed E-state index contributed by atoms with van der Waals surface area (Å²) in [5.41, 5.74) is 0.598. The zero-order chi connectivity index (χ0) is 11.7. The maximum Gasteiger partial charge on any atom is 0.352 e. The normalized spacial score (nSPS) is 10.4. The van der Waals surface area contributed by atoms with Crippen molar-refractivity contribution in [3.63, 3.8) is 0 Å². The maximum atomic E-state index is 13.6. The van der Waals surface area contributed by atoms with E-state index in [9.17, 15) is 9.18 Å². The van der Waals surface area contributed by atoms with Crippen molar-refractivity contribution >= 4 is 21.9 Å². The lowest BCUT2D eigenvalue weighted by Crippen LogP contribution is -1.99. The highest BCUT2D eigenvalue weighted by atomic mass is 79.9. The van der Waals surface area contributed by atoms with E-state index in [-0.39, 0.29) is 11.3 Å². The molecule has 3 nitrogen and oxygen atoms in total. The molecule has 0 radical (unpaired) electrons. The fourth-order valence-corrected chi connectivity index (χ4v) is 1.81. The van der Waals surface area contributed by atoms with Gasteiger partial charge in [0, 0.05) is 21.8 Å². The molecule has 16 heavy (non-hydrogen) atoms. The number of aromatic carboxylic acids is 1. The van der Waals surface area contributed by atoms with Crippen LogP contribution in [0.15, 0.2) is 34.9 Å². The third-order valence-corrected chi connectivity index (χ3v) is 2.68. The van der Waals surface area contributed by atoms with Crippen LogP contribution in [0.5, 0.6) is 0 Å². The summed E-state index contributed by atoms with van der Waals surface area (Å²) in [6.07, 6.45) is 1.47. The third kappa shape index (κ3) is 1.86. The smallest absolute Gasteiger partial charge is 0.352 e. The van der Waals surface area contributed by atoms with Crippen molar-refractivity contribution in [3.05, 3.63) is 46.4 Å². The molecule has 0 unspecified atom stereocenters. The van der Waals surface area contributed by atoms with Crippen molar-refractivity contribution in [1.29, 1.82) is 0 Å². The van der Waals surface area contributed by atoms with Gasteiger partial charge in [0.1, 0.15) is 11.5 Å². The first-order valence-corrected chi connectivity index (χ1v) is 5.25. The molecular weight excluding hydrogens is 277 g/mol. The SMILES string of the molecule is O=C(O)c1[nH]ccc1-c1ccc(Br)cc1F. The Hall–Kier alpha value is -1.62. The summed E-state index contributed by atoms with van der Waals surface area (Å²) in [4.78, 5) is 13.4. The van der Waals surface area contributed by atoms with Gasteiger partial charge in [-0.3, -0.25) is 0 Å². The first-order chi connectivity index (χ1) is 7.59. The van der Waals surface area contributed by atoms with Gasteiger partial charge in [0.05, 0.1) is 0 Å². The Morgan fingerprint density at radius 2 is 2.06 bits per heavy atom. The van der Waals surface area contributed by atoms with Crippen LogP contribution in [0.2, 0.25) is 0 Å². The fraction of sp³-hybridized carbons (Fsp3) is 0. The average molecular weight is 284 g/mol. The highest BCUT2D eigenvalue weighted by Crippen LogP contribution is 2.27. The molecule has 0 bridgehead atoms. The van der Waals surface area contributed by atoms with Gasteiger partial charge in [-0.15, -0.1) is 0 Å². The Bertz CT molecular complexity index is 551. The van der Waals surface area contributed by atoms with Crippen molar-refractivity contribution < 1.29 is 14.3 Å². The molecule has 5 heteroatoms. The van der Waals surface area contributed by atoms with E-state index in [0.29, 0.717) is 10.0 Å². The molecule has 0 saturated heterocycles. The van der Waals surface area contributed by atoms with Crippen molar-refractivity contribution in [1.82, 2.24) is 4.98 Å². The summed E-state index contributed by atoms with van der Waals surface area (Å²) in [5.74, 6) is -1.57. The minimum absolute atomic E-state index is 0.0128. The number of aromatic nitrogens is 1. The molecule has 0 atom stereocenters. The van der Waals surface area contributed by atoms with E-state index in [1.807, 2.05) is 0 Å². The topological polar surface area (TPSA) is 53.1 Å². The molecule has 0 aliphatic carbocycles. The van der Waals surface area contributed by atoms with Gasteiger partial charge in [-0.05, 0) is 18.2 Å². The summed E-state index contributed by atoms with van der Waals surface area (Å²) < 4.78 is 14.2. The molecule has 2 aromatic rings. The number of hydrogen-bond acceptors (Lipinski definition) is 1. The fourth-order valence-electron chi connectivity index (χ4n) is 1.48. The Morgan fingerprint density at radius 3 is 2.69 bits per heavy atom. The van der Waals surface area contributed by atoms with E-state index in [2.05, 4.69) is 20.9 Å². The molecular formula is C11H7BrFNO2. The first kappa shape index (κ1) is 10.9. The van der Waals surface area contributed by atoms with Crippen LogP contribution < -0.4 is 0 Å². The monoisotopic (exact) mass is 283 g/mol. The second-order valence-electron chi connectivity index (χ2n) is 3.20. The third-order valence-electron chi connectivity index (χ3n) is 2.18. The zero-order valence-electron chi connectivity index (χ0n) is 8.00. The molecule has 0 aliphatic heterocycles. The highest BCUT2D eigenvalue weighted by Gasteiger charge is 2.15. The van der Waals surface area contributed by atoms with Crippen LogP contribution in [0, 0.1) is 5.82 Å². The molecule has 0 amide bonds. The number of nitrogens with one attached hydrogen (secondary N) is 1. The van der Waals surface area contributed by atoms with Crippen LogP contribution in [0.1, 0.15) is 10.5 Å². The van der Waals surface area contributed by atoms with Crippen LogP contribution in [0.3, 0.4) is 0 Å². The molecule has 2 N–H and O–H groups in total. The van der Waals surface area contributed by atoms with Crippen LogP contribution in [0.4, 0.5) is 4.39 Å². The summed E-state index contributed by atoms with van der Waals surface area (Å²) in [7, 11) is 0. The molecule has 1 aromatic heterocycles.